The lowest BCUT2D eigenvalue weighted by atomic mass is 10.3. The van der Waals surface area contributed by atoms with Gasteiger partial charge in [-0.05, 0) is 24.6 Å². The molecule has 0 radical (unpaired) electrons. The molecule has 0 amide bonds. The molecule has 0 fully saturated rings. The van der Waals surface area contributed by atoms with Crippen LogP contribution in [-0.2, 0) is 0 Å². The number of rotatable bonds is 3. The Bertz CT molecular complexity index is 273. The van der Waals surface area contributed by atoms with E-state index < -0.39 is 0 Å². The Morgan fingerprint density at radius 3 is 3.00 bits per heavy atom. The van der Waals surface area contributed by atoms with Crippen molar-refractivity contribution >= 4 is 33.6 Å². The fourth-order valence-electron chi connectivity index (χ4n) is 0.784. The summed E-state index contributed by atoms with van der Waals surface area (Å²) in [6.45, 7) is 0. The van der Waals surface area contributed by atoms with Crippen molar-refractivity contribution in [3.8, 4) is 0 Å². The van der Waals surface area contributed by atoms with Crippen LogP contribution in [0.1, 0.15) is 12.1 Å². The van der Waals surface area contributed by atoms with Crippen LogP contribution in [0.2, 0.25) is 5.15 Å². The summed E-state index contributed by atoms with van der Waals surface area (Å²) in [5.41, 5.74) is 0.906. The molecule has 1 aromatic rings. The van der Waals surface area contributed by atoms with Crippen molar-refractivity contribution < 1.29 is 0 Å². The Morgan fingerprint density at radius 2 is 2.33 bits per heavy atom. The van der Waals surface area contributed by atoms with E-state index in [1.54, 1.807) is 6.07 Å². The van der Waals surface area contributed by atoms with E-state index in [9.17, 15) is 0 Å². The lowest BCUT2D eigenvalue weighted by molar-refractivity contribution is 1.25. The van der Waals surface area contributed by atoms with Gasteiger partial charge in [-0.2, -0.15) is 0 Å². The fraction of sp³-hybridized carbons (Fsp3) is 0.222. The third-order valence-corrected chi connectivity index (χ3v) is 1.97. The summed E-state index contributed by atoms with van der Waals surface area (Å²) in [5, 5.41) is 1.51. The first-order valence-electron chi connectivity index (χ1n) is 3.68. The monoisotopic (exact) mass is 245 g/mol. The lowest BCUT2D eigenvalue weighted by Gasteiger charge is -1.92. The van der Waals surface area contributed by atoms with Crippen molar-refractivity contribution in [2.24, 2.45) is 0 Å². The van der Waals surface area contributed by atoms with Crippen LogP contribution in [0.25, 0.3) is 6.08 Å². The van der Waals surface area contributed by atoms with Crippen LogP contribution in [0.15, 0.2) is 24.3 Å². The summed E-state index contributed by atoms with van der Waals surface area (Å²) in [6.07, 6.45) is 5.04. The number of halogens is 2. The van der Waals surface area contributed by atoms with E-state index >= 15 is 0 Å². The molecule has 1 aromatic heterocycles. The molecule has 0 unspecified atom stereocenters. The summed E-state index contributed by atoms with van der Waals surface area (Å²) in [5.74, 6) is 0. The maximum absolute atomic E-state index is 5.70. The Balaban J connectivity index is 2.63. The molecule has 0 atom stereocenters. The second kappa shape index (κ2) is 5.33. The molecule has 64 valence electrons. The molecule has 1 heterocycles. The van der Waals surface area contributed by atoms with Crippen LogP contribution >= 0.6 is 27.5 Å². The van der Waals surface area contributed by atoms with E-state index in [1.807, 2.05) is 18.2 Å². The van der Waals surface area contributed by atoms with Crippen molar-refractivity contribution in [2.45, 2.75) is 6.42 Å². The first-order valence-corrected chi connectivity index (χ1v) is 5.18. The number of pyridine rings is 1. The minimum absolute atomic E-state index is 0.538. The highest BCUT2D eigenvalue weighted by atomic mass is 79.9. The Hall–Kier alpha value is -0.340. The van der Waals surface area contributed by atoms with Crippen LogP contribution in [-0.4, -0.2) is 10.3 Å². The van der Waals surface area contributed by atoms with Crippen LogP contribution in [0, 0.1) is 0 Å². The molecular weight excluding hydrogens is 237 g/mol. The van der Waals surface area contributed by atoms with Crippen molar-refractivity contribution in [3.63, 3.8) is 0 Å². The summed E-state index contributed by atoms with van der Waals surface area (Å²) >= 11 is 9.04. The number of alkyl halides is 1. The zero-order valence-electron chi connectivity index (χ0n) is 6.50. The van der Waals surface area contributed by atoms with Gasteiger partial charge in [0.15, 0.2) is 0 Å². The van der Waals surface area contributed by atoms with Gasteiger partial charge in [0.25, 0.3) is 0 Å². The van der Waals surface area contributed by atoms with Gasteiger partial charge in [-0.25, -0.2) is 4.98 Å². The van der Waals surface area contributed by atoms with Gasteiger partial charge < -0.3 is 0 Å². The molecule has 0 aromatic carbocycles. The maximum Gasteiger partial charge on any atom is 0.129 e. The summed E-state index contributed by atoms with van der Waals surface area (Å²) in [7, 11) is 0. The number of hydrogen-bond donors (Lipinski definition) is 0. The van der Waals surface area contributed by atoms with E-state index in [2.05, 4.69) is 27.0 Å². The Morgan fingerprint density at radius 1 is 1.50 bits per heavy atom. The highest BCUT2D eigenvalue weighted by Crippen LogP contribution is 2.06. The smallest absolute Gasteiger partial charge is 0.129 e. The first kappa shape index (κ1) is 9.75. The molecule has 0 aliphatic rings. The second-order valence-corrected chi connectivity index (χ2v) is 3.45. The third-order valence-electron chi connectivity index (χ3n) is 1.30. The zero-order valence-corrected chi connectivity index (χ0v) is 8.85. The van der Waals surface area contributed by atoms with Gasteiger partial charge in [0.2, 0.25) is 0 Å². The highest BCUT2D eigenvalue weighted by Gasteiger charge is 1.88. The predicted octanol–water partition coefficient (Wildman–Crippen LogP) is 3.53. The molecule has 0 N–H and O–H groups in total. The van der Waals surface area contributed by atoms with Crippen LogP contribution in [0.3, 0.4) is 0 Å². The second-order valence-electron chi connectivity index (χ2n) is 2.27. The van der Waals surface area contributed by atoms with E-state index in [0.29, 0.717) is 5.15 Å². The predicted molar refractivity (Wildman–Crippen MR) is 56.7 cm³/mol. The average Bonchev–Trinajstić information content (AvgIpc) is 2.05. The summed E-state index contributed by atoms with van der Waals surface area (Å²) in [4.78, 5) is 4.11. The highest BCUT2D eigenvalue weighted by molar-refractivity contribution is 9.09. The molecular formula is C9H9BrClN. The van der Waals surface area contributed by atoms with Gasteiger partial charge in [-0.3, -0.25) is 0 Å². The maximum atomic E-state index is 5.70. The van der Waals surface area contributed by atoms with Gasteiger partial charge in [-0.1, -0.05) is 39.7 Å². The standard InChI is InChI=1S/C9H9BrClN/c10-7-2-1-4-8-5-3-6-9(11)12-8/h1,3-6H,2,7H2. The topological polar surface area (TPSA) is 12.9 Å². The molecule has 0 aliphatic carbocycles. The quantitative estimate of drug-likeness (QED) is 0.587. The molecule has 0 spiro atoms. The zero-order chi connectivity index (χ0) is 8.81. The molecule has 12 heavy (non-hydrogen) atoms. The number of allylic oxidation sites excluding steroid dienone is 1. The lowest BCUT2D eigenvalue weighted by Crippen LogP contribution is -1.79. The third kappa shape index (κ3) is 3.37. The summed E-state index contributed by atoms with van der Waals surface area (Å²) in [6, 6.07) is 5.59. The Labute approximate surface area is 85.6 Å². The van der Waals surface area contributed by atoms with E-state index in [1.165, 1.54) is 0 Å². The first-order chi connectivity index (χ1) is 5.83. The van der Waals surface area contributed by atoms with Gasteiger partial charge in [0, 0.05) is 5.33 Å². The molecule has 1 nitrogen and oxygen atoms in total. The van der Waals surface area contributed by atoms with Crippen molar-refractivity contribution in [1.29, 1.82) is 0 Å². The minimum Gasteiger partial charge on any atom is -0.237 e. The van der Waals surface area contributed by atoms with Gasteiger partial charge >= 0.3 is 0 Å². The van der Waals surface area contributed by atoms with E-state index in [4.69, 9.17) is 11.6 Å². The largest absolute Gasteiger partial charge is 0.237 e. The molecule has 0 aliphatic heterocycles. The number of hydrogen-bond acceptors (Lipinski definition) is 1. The van der Waals surface area contributed by atoms with Gasteiger partial charge in [0.05, 0.1) is 5.69 Å². The molecule has 0 saturated carbocycles. The summed E-state index contributed by atoms with van der Waals surface area (Å²) < 4.78 is 0. The van der Waals surface area contributed by atoms with Crippen LogP contribution in [0.4, 0.5) is 0 Å². The van der Waals surface area contributed by atoms with Gasteiger partial charge in [0.1, 0.15) is 5.15 Å². The van der Waals surface area contributed by atoms with E-state index in [0.717, 1.165) is 17.4 Å². The number of aromatic nitrogens is 1. The SMILES string of the molecule is Clc1cccc(C=CCCBr)n1. The van der Waals surface area contributed by atoms with Crippen molar-refractivity contribution in [3.05, 3.63) is 35.1 Å². The molecule has 0 bridgehead atoms. The van der Waals surface area contributed by atoms with Crippen LogP contribution < -0.4 is 0 Å². The fourth-order valence-corrected chi connectivity index (χ4v) is 1.22. The minimum atomic E-state index is 0.538. The molecule has 1 rings (SSSR count). The average molecular weight is 247 g/mol. The van der Waals surface area contributed by atoms with Crippen molar-refractivity contribution in [2.75, 3.05) is 5.33 Å². The Kier molecular flexibility index (Phi) is 4.33. The molecule has 0 saturated heterocycles. The van der Waals surface area contributed by atoms with Crippen LogP contribution in [0.5, 0.6) is 0 Å². The molecule has 3 heteroatoms. The normalized spacial score (nSPS) is 10.8. The number of nitrogens with zero attached hydrogens (tertiary/aromatic N) is 1. The van der Waals surface area contributed by atoms with Gasteiger partial charge in [-0.15, -0.1) is 0 Å². The van der Waals surface area contributed by atoms with Crippen molar-refractivity contribution in [1.82, 2.24) is 4.98 Å². The van der Waals surface area contributed by atoms with E-state index in [-0.39, 0.29) is 0 Å².